The summed E-state index contributed by atoms with van der Waals surface area (Å²) < 4.78 is 10.5. The van der Waals surface area contributed by atoms with Gasteiger partial charge in [0.15, 0.2) is 0 Å². The molecule has 0 aliphatic heterocycles. The maximum Gasteiger partial charge on any atom is 0.336 e. The van der Waals surface area contributed by atoms with Crippen molar-refractivity contribution in [1.29, 1.82) is 0 Å². The first kappa shape index (κ1) is 17.0. The van der Waals surface area contributed by atoms with Crippen molar-refractivity contribution in [2.45, 2.75) is 44.7 Å². The summed E-state index contributed by atoms with van der Waals surface area (Å²) in [5.41, 5.74) is 1.14. The summed E-state index contributed by atoms with van der Waals surface area (Å²) >= 11 is 0. The van der Waals surface area contributed by atoms with Crippen LogP contribution >= 0.6 is 0 Å². The second kappa shape index (κ2) is 7.81. The number of ether oxygens (including phenoxy) is 1. The first-order chi connectivity index (χ1) is 11.7. The molecule has 0 radical (unpaired) electrons. The highest BCUT2D eigenvalue weighted by Gasteiger charge is 2.22. The Labute approximate surface area is 141 Å². The van der Waals surface area contributed by atoms with Crippen molar-refractivity contribution in [3.63, 3.8) is 0 Å². The predicted molar refractivity (Wildman–Crippen MR) is 93.4 cm³/mol. The lowest BCUT2D eigenvalue weighted by atomic mass is 9.93. The number of aliphatic hydroxyl groups is 1. The topological polar surface area (TPSA) is 62.9 Å². The number of nitrogens with zero attached hydrogens (tertiary/aromatic N) is 1. The maximum absolute atomic E-state index is 11.9. The number of fused-ring (bicyclic) bond motifs is 1. The molecule has 1 N–H and O–H groups in total. The average molecular weight is 331 g/mol. The molecule has 1 aliphatic carbocycles. The molecule has 0 amide bonds. The van der Waals surface area contributed by atoms with Gasteiger partial charge in [-0.1, -0.05) is 19.3 Å². The Morgan fingerprint density at radius 3 is 2.75 bits per heavy atom. The van der Waals surface area contributed by atoms with Crippen LogP contribution in [-0.2, 0) is 6.54 Å². The van der Waals surface area contributed by atoms with Crippen LogP contribution in [0, 0.1) is 0 Å². The third kappa shape index (κ3) is 3.79. The van der Waals surface area contributed by atoms with Crippen LogP contribution in [0.25, 0.3) is 11.0 Å². The average Bonchev–Trinajstić information content (AvgIpc) is 2.61. The summed E-state index contributed by atoms with van der Waals surface area (Å²) in [5, 5.41) is 10.4. The Bertz CT molecular complexity index is 734. The highest BCUT2D eigenvalue weighted by molar-refractivity contribution is 5.81. The molecular formula is C19H25NO4. The van der Waals surface area contributed by atoms with Gasteiger partial charge in [0.25, 0.3) is 0 Å². The standard InChI is InChI=1S/C19H25NO4/c1-23-16-7-8-17-14(11-19(22)24-18(17)12-16)13-20(9-10-21)15-5-3-2-4-6-15/h7-8,11-12,15,21H,2-6,9-10,13H2,1H3. The van der Waals surface area contributed by atoms with E-state index in [1.54, 1.807) is 19.2 Å². The molecule has 5 nitrogen and oxygen atoms in total. The maximum atomic E-state index is 11.9. The largest absolute Gasteiger partial charge is 0.497 e. The van der Waals surface area contributed by atoms with Crippen molar-refractivity contribution in [3.8, 4) is 5.75 Å². The van der Waals surface area contributed by atoms with Gasteiger partial charge in [-0.2, -0.15) is 0 Å². The minimum absolute atomic E-state index is 0.129. The van der Waals surface area contributed by atoms with Gasteiger partial charge >= 0.3 is 5.63 Å². The molecule has 3 rings (SSSR count). The molecule has 0 saturated heterocycles. The smallest absolute Gasteiger partial charge is 0.336 e. The zero-order valence-corrected chi connectivity index (χ0v) is 14.2. The van der Waals surface area contributed by atoms with Crippen LogP contribution in [0.1, 0.15) is 37.7 Å². The molecule has 1 saturated carbocycles. The fourth-order valence-electron chi connectivity index (χ4n) is 3.65. The van der Waals surface area contributed by atoms with E-state index in [1.807, 2.05) is 12.1 Å². The zero-order chi connectivity index (χ0) is 16.9. The fraction of sp³-hybridized carbons (Fsp3) is 0.526. The van der Waals surface area contributed by atoms with Gasteiger partial charge in [0.1, 0.15) is 11.3 Å². The molecule has 0 unspecified atom stereocenters. The van der Waals surface area contributed by atoms with E-state index < -0.39 is 0 Å². The fourth-order valence-corrected chi connectivity index (χ4v) is 3.65. The highest BCUT2D eigenvalue weighted by atomic mass is 16.5. The molecule has 1 aromatic heterocycles. The monoisotopic (exact) mass is 331 g/mol. The molecule has 0 bridgehead atoms. The Balaban J connectivity index is 1.92. The summed E-state index contributed by atoms with van der Waals surface area (Å²) in [7, 11) is 1.59. The zero-order valence-electron chi connectivity index (χ0n) is 14.2. The minimum atomic E-state index is -0.349. The van der Waals surface area contributed by atoms with Crippen LogP contribution < -0.4 is 10.4 Å². The summed E-state index contributed by atoms with van der Waals surface area (Å²) in [5.74, 6) is 0.669. The number of hydrogen-bond donors (Lipinski definition) is 1. The van der Waals surface area contributed by atoms with Gasteiger partial charge in [-0.05, 0) is 30.5 Å². The Morgan fingerprint density at radius 2 is 2.04 bits per heavy atom. The van der Waals surface area contributed by atoms with Crippen LogP contribution in [0.2, 0.25) is 0 Å². The first-order valence-electron chi connectivity index (χ1n) is 8.67. The molecule has 5 heteroatoms. The van der Waals surface area contributed by atoms with Crippen molar-refractivity contribution in [2.24, 2.45) is 0 Å². The molecule has 0 spiro atoms. The normalized spacial score (nSPS) is 16.0. The van der Waals surface area contributed by atoms with Crippen LogP contribution in [-0.4, -0.2) is 36.3 Å². The molecule has 24 heavy (non-hydrogen) atoms. The second-order valence-electron chi connectivity index (χ2n) is 6.44. The molecular weight excluding hydrogens is 306 g/mol. The molecule has 130 valence electrons. The Kier molecular flexibility index (Phi) is 5.53. The number of aliphatic hydroxyl groups excluding tert-OH is 1. The van der Waals surface area contributed by atoms with Gasteiger partial charge in [-0.15, -0.1) is 0 Å². The van der Waals surface area contributed by atoms with Gasteiger partial charge in [0.05, 0.1) is 13.7 Å². The summed E-state index contributed by atoms with van der Waals surface area (Å²) in [6.07, 6.45) is 6.09. The Hall–Kier alpha value is -1.85. The van der Waals surface area contributed by atoms with Gasteiger partial charge in [-0.25, -0.2) is 4.79 Å². The third-order valence-corrected chi connectivity index (χ3v) is 4.89. The number of benzene rings is 1. The predicted octanol–water partition coefficient (Wildman–Crippen LogP) is 2.93. The van der Waals surface area contributed by atoms with E-state index in [9.17, 15) is 9.90 Å². The quantitative estimate of drug-likeness (QED) is 0.825. The molecule has 1 heterocycles. The van der Waals surface area contributed by atoms with Crippen molar-refractivity contribution in [3.05, 3.63) is 40.2 Å². The number of rotatable bonds is 6. The lowest BCUT2D eigenvalue weighted by Gasteiger charge is -2.34. The number of methoxy groups -OCH3 is 1. The second-order valence-corrected chi connectivity index (χ2v) is 6.44. The summed E-state index contributed by atoms with van der Waals surface area (Å²) in [6, 6.07) is 7.61. The molecule has 1 aliphatic rings. The highest BCUT2D eigenvalue weighted by Crippen LogP contribution is 2.27. The minimum Gasteiger partial charge on any atom is -0.497 e. The van der Waals surface area contributed by atoms with E-state index in [-0.39, 0.29) is 12.2 Å². The van der Waals surface area contributed by atoms with E-state index in [4.69, 9.17) is 9.15 Å². The lowest BCUT2D eigenvalue weighted by Crippen LogP contribution is -2.38. The molecule has 1 aromatic carbocycles. The van der Waals surface area contributed by atoms with E-state index >= 15 is 0 Å². The van der Waals surface area contributed by atoms with Crippen molar-refractivity contribution in [1.82, 2.24) is 4.90 Å². The Morgan fingerprint density at radius 1 is 1.25 bits per heavy atom. The summed E-state index contributed by atoms with van der Waals surface area (Å²) in [4.78, 5) is 14.2. The van der Waals surface area contributed by atoms with Gasteiger partial charge in [0, 0.05) is 36.7 Å². The first-order valence-corrected chi connectivity index (χ1v) is 8.67. The van der Waals surface area contributed by atoms with E-state index in [0.717, 1.165) is 23.8 Å². The molecule has 0 atom stereocenters. The number of hydrogen-bond acceptors (Lipinski definition) is 5. The van der Waals surface area contributed by atoms with Crippen LogP contribution in [0.15, 0.2) is 33.5 Å². The third-order valence-electron chi connectivity index (χ3n) is 4.89. The van der Waals surface area contributed by atoms with Crippen LogP contribution in [0.3, 0.4) is 0 Å². The van der Waals surface area contributed by atoms with Crippen LogP contribution in [0.5, 0.6) is 5.75 Å². The van der Waals surface area contributed by atoms with Gasteiger partial charge in [0.2, 0.25) is 0 Å². The van der Waals surface area contributed by atoms with E-state index in [0.29, 0.717) is 30.5 Å². The van der Waals surface area contributed by atoms with E-state index in [2.05, 4.69) is 4.90 Å². The van der Waals surface area contributed by atoms with Crippen molar-refractivity contribution >= 4 is 11.0 Å². The van der Waals surface area contributed by atoms with E-state index in [1.165, 1.54) is 19.3 Å². The molecule has 1 fully saturated rings. The van der Waals surface area contributed by atoms with Crippen LogP contribution in [0.4, 0.5) is 0 Å². The SMILES string of the molecule is COc1ccc2c(CN(CCO)C3CCCCC3)cc(=O)oc2c1. The van der Waals surface area contributed by atoms with Crippen molar-refractivity contribution in [2.75, 3.05) is 20.3 Å². The van der Waals surface area contributed by atoms with Gasteiger partial charge in [-0.3, -0.25) is 4.90 Å². The lowest BCUT2D eigenvalue weighted by molar-refractivity contribution is 0.117. The van der Waals surface area contributed by atoms with Crippen molar-refractivity contribution < 1.29 is 14.3 Å². The summed E-state index contributed by atoms with van der Waals surface area (Å²) in [6.45, 7) is 1.41. The van der Waals surface area contributed by atoms with Gasteiger partial charge < -0.3 is 14.3 Å². The molecule has 2 aromatic rings.